The number of halogens is 3. The molecule has 1 fully saturated rings. The first-order chi connectivity index (χ1) is 14.4. The summed E-state index contributed by atoms with van der Waals surface area (Å²) >= 11 is 1.64. The third-order valence-electron chi connectivity index (χ3n) is 5.22. The first-order valence-electron chi connectivity index (χ1n) is 9.79. The second-order valence-corrected chi connectivity index (χ2v) is 8.46. The minimum absolute atomic E-state index is 0.0629. The molecule has 0 N–H and O–H groups in total. The fraction of sp³-hybridized carbons (Fsp3) is 0.381. The first kappa shape index (κ1) is 20.7. The number of fused-ring (bicyclic) bond motifs is 1. The highest BCUT2D eigenvalue weighted by molar-refractivity contribution is 7.99. The maximum atomic E-state index is 13.1. The standard InChI is InChI=1S/C21H21F3N4OS/c22-21(23,24)16-8-9-18-25-26-20(28(18)14-16)15-5-4-11-27(13-15)19(29)10-12-30-17-6-2-1-3-7-17/h1-3,6-9,14-15H,4-5,10-13H2. The zero-order valence-electron chi connectivity index (χ0n) is 16.2. The maximum absolute atomic E-state index is 13.1. The molecule has 0 radical (unpaired) electrons. The number of nitrogens with zero attached hydrogens (tertiary/aromatic N) is 4. The van der Waals surface area contributed by atoms with E-state index in [4.69, 9.17) is 0 Å². The van der Waals surface area contributed by atoms with Gasteiger partial charge in [0.15, 0.2) is 5.65 Å². The van der Waals surface area contributed by atoms with E-state index >= 15 is 0 Å². The van der Waals surface area contributed by atoms with E-state index in [-0.39, 0.29) is 11.8 Å². The third-order valence-corrected chi connectivity index (χ3v) is 6.24. The van der Waals surface area contributed by atoms with Crippen molar-refractivity contribution >= 4 is 23.3 Å². The van der Waals surface area contributed by atoms with Crippen molar-refractivity contribution in [3.8, 4) is 0 Å². The van der Waals surface area contributed by atoms with Crippen molar-refractivity contribution in [1.29, 1.82) is 0 Å². The van der Waals surface area contributed by atoms with Gasteiger partial charge in [0.25, 0.3) is 0 Å². The molecule has 0 aliphatic carbocycles. The molecule has 0 saturated carbocycles. The van der Waals surface area contributed by atoms with Gasteiger partial charge in [0, 0.05) is 42.3 Å². The van der Waals surface area contributed by atoms with Crippen molar-refractivity contribution in [2.75, 3.05) is 18.8 Å². The number of benzene rings is 1. The van der Waals surface area contributed by atoms with Crippen LogP contribution in [-0.2, 0) is 11.0 Å². The molecule has 4 rings (SSSR count). The van der Waals surface area contributed by atoms with Crippen LogP contribution in [0.25, 0.3) is 5.65 Å². The van der Waals surface area contributed by atoms with Gasteiger partial charge >= 0.3 is 6.18 Å². The van der Waals surface area contributed by atoms with E-state index in [0.29, 0.717) is 36.7 Å². The van der Waals surface area contributed by atoms with Gasteiger partial charge in [0.05, 0.1) is 5.56 Å². The van der Waals surface area contributed by atoms with E-state index < -0.39 is 11.7 Å². The second-order valence-electron chi connectivity index (χ2n) is 7.29. The summed E-state index contributed by atoms with van der Waals surface area (Å²) in [4.78, 5) is 15.6. The van der Waals surface area contributed by atoms with E-state index in [1.165, 1.54) is 10.5 Å². The molecule has 1 saturated heterocycles. The van der Waals surface area contributed by atoms with Crippen LogP contribution >= 0.6 is 11.8 Å². The number of carbonyl (C=O) groups is 1. The topological polar surface area (TPSA) is 50.5 Å². The monoisotopic (exact) mass is 434 g/mol. The molecule has 1 atom stereocenters. The SMILES string of the molecule is O=C(CCSc1ccccc1)N1CCCC(c2nnc3ccc(C(F)(F)F)cn23)C1. The number of thioether (sulfide) groups is 1. The number of carbonyl (C=O) groups excluding carboxylic acids is 1. The smallest absolute Gasteiger partial charge is 0.342 e. The van der Waals surface area contributed by atoms with Crippen molar-refractivity contribution in [2.24, 2.45) is 0 Å². The number of likely N-dealkylation sites (tertiary alicyclic amines) is 1. The van der Waals surface area contributed by atoms with Gasteiger partial charge in [-0.25, -0.2) is 0 Å². The predicted molar refractivity (Wildman–Crippen MR) is 108 cm³/mol. The number of alkyl halides is 3. The van der Waals surface area contributed by atoms with E-state index in [1.54, 1.807) is 16.7 Å². The molecule has 0 spiro atoms. The zero-order valence-corrected chi connectivity index (χ0v) is 17.0. The molecular weight excluding hydrogens is 413 g/mol. The van der Waals surface area contributed by atoms with Crippen molar-refractivity contribution in [2.45, 2.75) is 36.3 Å². The summed E-state index contributed by atoms with van der Waals surface area (Å²) in [5, 5.41) is 8.15. The lowest BCUT2D eigenvalue weighted by Gasteiger charge is -2.32. The van der Waals surface area contributed by atoms with Crippen molar-refractivity contribution in [3.63, 3.8) is 0 Å². The quantitative estimate of drug-likeness (QED) is 0.549. The van der Waals surface area contributed by atoms with E-state index in [1.807, 2.05) is 30.3 Å². The normalized spacial score (nSPS) is 17.4. The molecule has 1 amide bonds. The highest BCUT2D eigenvalue weighted by atomic mass is 32.2. The van der Waals surface area contributed by atoms with Gasteiger partial charge in [-0.05, 0) is 37.1 Å². The van der Waals surface area contributed by atoms with E-state index in [0.717, 1.165) is 30.0 Å². The van der Waals surface area contributed by atoms with Crippen LogP contribution in [0, 0.1) is 0 Å². The molecule has 2 aromatic heterocycles. The maximum Gasteiger partial charge on any atom is 0.417 e. The number of hydrogen-bond donors (Lipinski definition) is 0. The Balaban J connectivity index is 1.43. The van der Waals surface area contributed by atoms with Crippen LogP contribution in [0.3, 0.4) is 0 Å². The van der Waals surface area contributed by atoms with Crippen LogP contribution in [0.1, 0.15) is 36.6 Å². The Morgan fingerprint density at radius 3 is 2.70 bits per heavy atom. The molecule has 1 aliphatic rings. The van der Waals surface area contributed by atoms with Crippen LogP contribution in [0.15, 0.2) is 53.6 Å². The largest absolute Gasteiger partial charge is 0.417 e. The third kappa shape index (κ3) is 4.61. The Morgan fingerprint density at radius 2 is 1.93 bits per heavy atom. The van der Waals surface area contributed by atoms with Crippen molar-refractivity contribution < 1.29 is 18.0 Å². The molecular formula is C21H21F3N4OS. The summed E-state index contributed by atoms with van der Waals surface area (Å²) in [6.07, 6.45) is -1.41. The summed E-state index contributed by atoms with van der Waals surface area (Å²) in [5.41, 5.74) is -0.363. The van der Waals surface area contributed by atoms with Gasteiger partial charge in [0.2, 0.25) is 5.91 Å². The van der Waals surface area contributed by atoms with Crippen molar-refractivity contribution in [1.82, 2.24) is 19.5 Å². The van der Waals surface area contributed by atoms with Gasteiger partial charge in [-0.3, -0.25) is 9.20 Å². The first-order valence-corrected chi connectivity index (χ1v) is 10.8. The number of pyridine rings is 1. The Labute approximate surface area is 176 Å². The van der Waals surface area contributed by atoms with Gasteiger partial charge in [0.1, 0.15) is 5.82 Å². The molecule has 30 heavy (non-hydrogen) atoms. The molecule has 3 aromatic rings. The van der Waals surface area contributed by atoms with Gasteiger partial charge in [-0.1, -0.05) is 18.2 Å². The molecule has 9 heteroatoms. The second kappa shape index (κ2) is 8.67. The summed E-state index contributed by atoms with van der Waals surface area (Å²) in [7, 11) is 0. The summed E-state index contributed by atoms with van der Waals surface area (Å²) in [6.45, 7) is 1.11. The fourth-order valence-electron chi connectivity index (χ4n) is 3.70. The van der Waals surface area contributed by atoms with Gasteiger partial charge in [-0.15, -0.1) is 22.0 Å². The lowest BCUT2D eigenvalue weighted by atomic mass is 9.97. The number of piperidine rings is 1. The van der Waals surface area contributed by atoms with Crippen LogP contribution in [0.5, 0.6) is 0 Å². The number of aromatic nitrogens is 3. The molecule has 1 unspecified atom stereocenters. The Bertz CT molecular complexity index is 1020. The van der Waals surface area contributed by atoms with Crippen molar-refractivity contribution in [3.05, 3.63) is 60.0 Å². The highest BCUT2D eigenvalue weighted by Crippen LogP contribution is 2.31. The average Bonchev–Trinajstić information content (AvgIpc) is 3.17. The van der Waals surface area contributed by atoms with Crippen LogP contribution in [0.4, 0.5) is 13.2 Å². The Morgan fingerprint density at radius 1 is 1.13 bits per heavy atom. The minimum atomic E-state index is -4.43. The lowest BCUT2D eigenvalue weighted by molar-refractivity contribution is -0.137. The Hall–Kier alpha value is -2.55. The zero-order chi connectivity index (χ0) is 21.1. The summed E-state index contributed by atoms with van der Waals surface area (Å²) in [5.74, 6) is 1.09. The Kier molecular flexibility index (Phi) is 5.99. The summed E-state index contributed by atoms with van der Waals surface area (Å²) < 4.78 is 40.7. The van der Waals surface area contributed by atoms with Crippen LogP contribution in [0.2, 0.25) is 0 Å². The van der Waals surface area contributed by atoms with Crippen LogP contribution < -0.4 is 0 Å². The number of hydrogen-bond acceptors (Lipinski definition) is 4. The summed E-state index contributed by atoms with van der Waals surface area (Å²) in [6, 6.07) is 12.2. The molecule has 5 nitrogen and oxygen atoms in total. The number of rotatable bonds is 5. The predicted octanol–water partition coefficient (Wildman–Crippen LogP) is 4.64. The van der Waals surface area contributed by atoms with E-state index in [2.05, 4.69) is 10.2 Å². The molecule has 158 valence electrons. The number of amides is 1. The molecule has 1 aromatic carbocycles. The molecule has 0 bridgehead atoms. The van der Waals surface area contributed by atoms with Crippen LogP contribution in [-0.4, -0.2) is 44.2 Å². The molecule has 1 aliphatic heterocycles. The fourth-order valence-corrected chi connectivity index (χ4v) is 4.56. The van der Waals surface area contributed by atoms with Gasteiger partial charge in [-0.2, -0.15) is 13.2 Å². The molecule has 3 heterocycles. The lowest BCUT2D eigenvalue weighted by Crippen LogP contribution is -2.39. The van der Waals surface area contributed by atoms with Gasteiger partial charge < -0.3 is 4.90 Å². The average molecular weight is 434 g/mol. The van der Waals surface area contributed by atoms with E-state index in [9.17, 15) is 18.0 Å². The highest BCUT2D eigenvalue weighted by Gasteiger charge is 2.32. The minimum Gasteiger partial charge on any atom is -0.342 e.